The van der Waals surface area contributed by atoms with Gasteiger partial charge < -0.3 is 9.88 Å². The number of anilines is 1. The molecule has 0 aliphatic carbocycles. The summed E-state index contributed by atoms with van der Waals surface area (Å²) in [5.41, 5.74) is 2.78. The van der Waals surface area contributed by atoms with Crippen LogP contribution in [0.4, 0.5) is 14.5 Å². The summed E-state index contributed by atoms with van der Waals surface area (Å²) < 4.78 is 28.4. The normalized spacial score (nSPS) is 10.6. The monoisotopic (exact) mass is 413 g/mol. The fraction of sp³-hybridized carbons (Fsp3) is 0.182. The van der Waals surface area contributed by atoms with E-state index in [1.165, 1.54) is 12.1 Å². The smallest absolute Gasteiger partial charge is 0.271 e. The maximum atomic E-state index is 13.8. The predicted molar refractivity (Wildman–Crippen MR) is 109 cm³/mol. The van der Waals surface area contributed by atoms with Gasteiger partial charge in [0.1, 0.15) is 16.7 Å². The summed E-state index contributed by atoms with van der Waals surface area (Å²) in [4.78, 5) is 12.7. The molecule has 2 aromatic carbocycles. The Morgan fingerprint density at radius 1 is 1.10 bits per heavy atom. The van der Waals surface area contributed by atoms with E-state index in [0.717, 1.165) is 17.2 Å². The molecule has 3 aromatic rings. The molecule has 0 saturated carbocycles. The molecule has 0 bridgehead atoms. The molecule has 0 amide bonds. The summed E-state index contributed by atoms with van der Waals surface area (Å²) in [6, 6.07) is 14.6. The summed E-state index contributed by atoms with van der Waals surface area (Å²) in [6.45, 7) is 2.19. The minimum Gasteiger partial charge on any atom is -0.379 e. The minimum absolute atomic E-state index is 0.000722. The van der Waals surface area contributed by atoms with Gasteiger partial charge in [0.15, 0.2) is 0 Å². The van der Waals surface area contributed by atoms with Gasteiger partial charge in [-0.3, -0.25) is 4.79 Å². The van der Waals surface area contributed by atoms with E-state index in [-0.39, 0.29) is 22.7 Å². The minimum atomic E-state index is -0.668. The number of rotatable bonds is 6. The van der Waals surface area contributed by atoms with Gasteiger partial charge in [0.2, 0.25) is 0 Å². The van der Waals surface area contributed by atoms with Crippen LogP contribution in [-0.4, -0.2) is 4.57 Å². The van der Waals surface area contributed by atoms with Crippen molar-refractivity contribution in [2.45, 2.75) is 26.4 Å². The zero-order valence-electron chi connectivity index (χ0n) is 15.7. The van der Waals surface area contributed by atoms with Gasteiger partial charge in [0.25, 0.3) is 5.56 Å². The van der Waals surface area contributed by atoms with Crippen molar-refractivity contribution in [3.8, 4) is 6.07 Å². The highest BCUT2D eigenvalue weighted by Crippen LogP contribution is 2.21. The number of pyridine rings is 1. The number of nitrogens with zero attached hydrogens (tertiary/aromatic N) is 2. The van der Waals surface area contributed by atoms with E-state index in [9.17, 15) is 13.6 Å². The Hall–Kier alpha value is -3.17. The lowest BCUT2D eigenvalue weighted by Gasteiger charge is -2.15. The number of benzene rings is 2. The van der Waals surface area contributed by atoms with Gasteiger partial charge in [-0.2, -0.15) is 5.26 Å². The van der Waals surface area contributed by atoms with Crippen LogP contribution in [0.25, 0.3) is 0 Å². The molecular weight excluding hydrogens is 396 g/mol. The van der Waals surface area contributed by atoms with Crippen LogP contribution in [0, 0.1) is 29.9 Å². The molecule has 4 nitrogen and oxygen atoms in total. The Morgan fingerprint density at radius 2 is 1.79 bits per heavy atom. The fourth-order valence-electron chi connectivity index (χ4n) is 2.96. The van der Waals surface area contributed by atoms with Gasteiger partial charge in [-0.25, -0.2) is 8.78 Å². The van der Waals surface area contributed by atoms with E-state index in [0.29, 0.717) is 24.3 Å². The van der Waals surface area contributed by atoms with Crippen LogP contribution >= 0.6 is 11.6 Å². The van der Waals surface area contributed by atoms with Crippen LogP contribution in [0.1, 0.15) is 22.4 Å². The van der Waals surface area contributed by atoms with Crippen LogP contribution in [0.15, 0.2) is 53.3 Å². The Kier molecular flexibility index (Phi) is 6.30. The van der Waals surface area contributed by atoms with E-state index in [1.807, 2.05) is 24.3 Å². The van der Waals surface area contributed by atoms with Crippen molar-refractivity contribution in [3.05, 3.63) is 97.9 Å². The van der Waals surface area contributed by atoms with Crippen LogP contribution in [0.5, 0.6) is 0 Å². The quantitative estimate of drug-likeness (QED) is 0.630. The van der Waals surface area contributed by atoms with E-state index >= 15 is 0 Å². The molecule has 0 aliphatic heterocycles. The maximum Gasteiger partial charge on any atom is 0.271 e. The molecule has 1 aromatic heterocycles. The molecule has 0 unspecified atom stereocenters. The fourth-order valence-corrected chi connectivity index (χ4v) is 3.18. The second kappa shape index (κ2) is 8.89. The maximum absolute atomic E-state index is 13.8. The van der Waals surface area contributed by atoms with Crippen molar-refractivity contribution >= 4 is 17.3 Å². The zero-order valence-corrected chi connectivity index (χ0v) is 16.4. The number of halogens is 3. The first kappa shape index (κ1) is 20.6. The van der Waals surface area contributed by atoms with Crippen LogP contribution in [0.2, 0.25) is 5.02 Å². The lowest BCUT2D eigenvalue weighted by atomic mass is 10.1. The predicted octanol–water partition coefficient (Wildman–Crippen LogP) is 4.81. The third-order valence-electron chi connectivity index (χ3n) is 4.58. The first-order valence-corrected chi connectivity index (χ1v) is 9.29. The van der Waals surface area contributed by atoms with Gasteiger partial charge in [0.05, 0.1) is 24.7 Å². The summed E-state index contributed by atoms with van der Waals surface area (Å²) in [6.07, 6.45) is 0.333. The second-order valence-corrected chi connectivity index (χ2v) is 7.02. The number of nitriles is 1. The van der Waals surface area contributed by atoms with Crippen LogP contribution in [-0.2, 0) is 19.5 Å². The molecule has 0 radical (unpaired) electrons. The van der Waals surface area contributed by atoms with Crippen molar-refractivity contribution in [3.63, 3.8) is 0 Å². The Bertz CT molecular complexity index is 1130. The number of aromatic nitrogens is 1. The average Bonchev–Trinajstić information content (AvgIpc) is 2.69. The second-order valence-electron chi connectivity index (χ2n) is 6.65. The number of aryl methyl sites for hydroxylation is 1. The largest absolute Gasteiger partial charge is 0.379 e. The third kappa shape index (κ3) is 4.82. The number of hydrogen-bond acceptors (Lipinski definition) is 3. The average molecular weight is 414 g/mol. The van der Waals surface area contributed by atoms with Crippen molar-refractivity contribution in [2.75, 3.05) is 5.32 Å². The highest BCUT2D eigenvalue weighted by Gasteiger charge is 2.13. The molecule has 29 heavy (non-hydrogen) atoms. The molecule has 0 atom stereocenters. The molecule has 148 valence electrons. The third-order valence-corrected chi connectivity index (χ3v) is 4.94. The molecule has 1 N–H and O–H groups in total. The first-order chi connectivity index (χ1) is 13.9. The van der Waals surface area contributed by atoms with Gasteiger partial charge in [-0.05, 0) is 30.2 Å². The number of hydrogen-bond donors (Lipinski definition) is 1. The Labute approximate surface area is 172 Å². The highest BCUT2D eigenvalue weighted by molar-refractivity contribution is 6.33. The molecule has 3 rings (SSSR count). The lowest BCUT2D eigenvalue weighted by Crippen LogP contribution is -2.24. The van der Waals surface area contributed by atoms with Crippen LogP contribution < -0.4 is 10.9 Å². The standard InChI is InChI=1S/C22H18ClF2N3O/c1-14-10-20(27-12-17-6-7-18(24)11-19(17)25)21(23)22(29)28(14)13-16-4-2-15(3-5-16)8-9-26/h2-7,10-11,27H,8,12-13H2,1H3. The van der Waals surface area contributed by atoms with Gasteiger partial charge in [-0.15, -0.1) is 0 Å². The Balaban J connectivity index is 1.80. The van der Waals surface area contributed by atoms with E-state index in [4.69, 9.17) is 16.9 Å². The van der Waals surface area contributed by atoms with E-state index < -0.39 is 11.6 Å². The van der Waals surface area contributed by atoms with Crippen molar-refractivity contribution in [1.82, 2.24) is 4.57 Å². The van der Waals surface area contributed by atoms with Crippen molar-refractivity contribution in [2.24, 2.45) is 0 Å². The molecule has 0 saturated heterocycles. The first-order valence-electron chi connectivity index (χ1n) is 8.91. The molecule has 7 heteroatoms. The van der Waals surface area contributed by atoms with Gasteiger partial charge in [-0.1, -0.05) is 41.9 Å². The lowest BCUT2D eigenvalue weighted by molar-refractivity contribution is 0.574. The molecule has 0 fully saturated rings. The molecule has 1 heterocycles. The zero-order chi connectivity index (χ0) is 21.0. The SMILES string of the molecule is Cc1cc(NCc2ccc(F)cc2F)c(Cl)c(=O)n1Cc1ccc(CC#N)cc1. The summed E-state index contributed by atoms with van der Waals surface area (Å²) in [5, 5.41) is 11.7. The molecular formula is C22H18ClF2N3O. The summed E-state index contributed by atoms with van der Waals surface area (Å²) in [7, 11) is 0. The molecule has 0 spiro atoms. The molecule has 0 aliphatic rings. The topological polar surface area (TPSA) is 57.8 Å². The van der Waals surface area contributed by atoms with Crippen LogP contribution in [0.3, 0.4) is 0 Å². The highest BCUT2D eigenvalue weighted by atomic mass is 35.5. The van der Waals surface area contributed by atoms with Gasteiger partial charge >= 0.3 is 0 Å². The summed E-state index contributed by atoms with van der Waals surface area (Å²) >= 11 is 6.25. The van der Waals surface area contributed by atoms with E-state index in [2.05, 4.69) is 11.4 Å². The Morgan fingerprint density at radius 3 is 2.45 bits per heavy atom. The summed E-state index contributed by atoms with van der Waals surface area (Å²) in [5.74, 6) is -1.32. The number of nitrogens with one attached hydrogen (secondary N) is 1. The van der Waals surface area contributed by atoms with Crippen molar-refractivity contribution in [1.29, 1.82) is 5.26 Å². The van der Waals surface area contributed by atoms with Gasteiger partial charge in [0, 0.05) is 23.9 Å². The van der Waals surface area contributed by atoms with E-state index in [1.54, 1.807) is 17.6 Å². The van der Waals surface area contributed by atoms with Crippen molar-refractivity contribution < 1.29 is 8.78 Å².